The second-order valence-electron chi connectivity index (χ2n) is 3.30. The van der Waals surface area contributed by atoms with E-state index in [1.54, 1.807) is 6.92 Å². The van der Waals surface area contributed by atoms with Crippen molar-refractivity contribution in [2.24, 2.45) is 0 Å². The SMILES string of the molecule is CCC(O)CNS(=O)(=O)c1ccc(=O)[nH]c1. The van der Waals surface area contributed by atoms with Gasteiger partial charge in [0, 0.05) is 18.8 Å². The van der Waals surface area contributed by atoms with Crippen molar-refractivity contribution in [1.29, 1.82) is 0 Å². The summed E-state index contributed by atoms with van der Waals surface area (Å²) in [5, 5.41) is 9.23. The van der Waals surface area contributed by atoms with Crippen LogP contribution >= 0.6 is 0 Å². The highest BCUT2D eigenvalue weighted by molar-refractivity contribution is 7.89. The van der Waals surface area contributed by atoms with E-state index in [-0.39, 0.29) is 17.0 Å². The molecule has 0 bridgehead atoms. The molecule has 1 unspecified atom stereocenters. The summed E-state index contributed by atoms with van der Waals surface area (Å²) in [5.41, 5.74) is -0.368. The molecule has 3 N–H and O–H groups in total. The molecule has 1 heterocycles. The van der Waals surface area contributed by atoms with Crippen molar-refractivity contribution in [3.05, 3.63) is 28.7 Å². The van der Waals surface area contributed by atoms with Crippen LogP contribution < -0.4 is 10.3 Å². The van der Waals surface area contributed by atoms with Crippen molar-refractivity contribution < 1.29 is 13.5 Å². The Morgan fingerprint density at radius 3 is 2.69 bits per heavy atom. The van der Waals surface area contributed by atoms with E-state index in [1.165, 1.54) is 6.07 Å². The third kappa shape index (κ3) is 3.44. The normalized spacial score (nSPS) is 13.6. The quantitative estimate of drug-likeness (QED) is 0.647. The summed E-state index contributed by atoms with van der Waals surface area (Å²) in [4.78, 5) is 13.0. The van der Waals surface area contributed by atoms with Gasteiger partial charge < -0.3 is 10.1 Å². The second-order valence-corrected chi connectivity index (χ2v) is 5.07. The Morgan fingerprint density at radius 1 is 1.50 bits per heavy atom. The van der Waals surface area contributed by atoms with Crippen LogP contribution in [-0.2, 0) is 10.0 Å². The molecule has 0 aromatic carbocycles. The van der Waals surface area contributed by atoms with Crippen molar-refractivity contribution in [2.75, 3.05) is 6.54 Å². The summed E-state index contributed by atoms with van der Waals surface area (Å²) in [6, 6.07) is 2.34. The van der Waals surface area contributed by atoms with Crippen LogP contribution in [0.4, 0.5) is 0 Å². The van der Waals surface area contributed by atoms with E-state index in [0.29, 0.717) is 6.42 Å². The summed E-state index contributed by atoms with van der Waals surface area (Å²) in [6.07, 6.45) is 0.870. The predicted octanol–water partition coefficient (Wildman–Crippen LogP) is -0.576. The van der Waals surface area contributed by atoms with Gasteiger partial charge >= 0.3 is 0 Å². The molecule has 1 aromatic heterocycles. The molecule has 0 saturated heterocycles. The molecule has 7 heteroatoms. The molecule has 1 rings (SSSR count). The Balaban J connectivity index is 2.78. The fourth-order valence-corrected chi connectivity index (χ4v) is 2.04. The standard InChI is InChI=1S/C9H14N2O4S/c1-2-7(12)5-11-16(14,15)8-3-4-9(13)10-6-8/h3-4,6-7,11-12H,2,5H2,1H3,(H,10,13). The highest BCUT2D eigenvalue weighted by atomic mass is 32.2. The molecule has 0 aliphatic heterocycles. The Labute approximate surface area is 93.4 Å². The fraction of sp³-hybridized carbons (Fsp3) is 0.444. The maximum atomic E-state index is 11.6. The number of hydrogen-bond donors (Lipinski definition) is 3. The zero-order valence-electron chi connectivity index (χ0n) is 8.80. The van der Waals surface area contributed by atoms with Gasteiger partial charge in [-0.15, -0.1) is 0 Å². The van der Waals surface area contributed by atoms with Gasteiger partial charge in [-0.3, -0.25) is 4.79 Å². The third-order valence-electron chi connectivity index (χ3n) is 2.05. The lowest BCUT2D eigenvalue weighted by atomic mass is 10.3. The van der Waals surface area contributed by atoms with E-state index in [2.05, 4.69) is 9.71 Å². The molecule has 0 saturated carbocycles. The summed E-state index contributed by atoms with van der Waals surface area (Å²) in [5.74, 6) is 0. The maximum Gasteiger partial charge on any atom is 0.247 e. The lowest BCUT2D eigenvalue weighted by molar-refractivity contribution is 0.174. The van der Waals surface area contributed by atoms with Crippen LogP contribution in [0.25, 0.3) is 0 Å². The van der Waals surface area contributed by atoms with Gasteiger partial charge in [-0.25, -0.2) is 13.1 Å². The molecule has 0 aliphatic carbocycles. The third-order valence-corrected chi connectivity index (χ3v) is 3.47. The Hall–Kier alpha value is -1.18. The minimum atomic E-state index is -3.66. The van der Waals surface area contributed by atoms with Gasteiger partial charge in [-0.2, -0.15) is 0 Å². The molecule has 0 fully saturated rings. The van der Waals surface area contributed by atoms with Crippen molar-refractivity contribution in [1.82, 2.24) is 9.71 Å². The molecule has 90 valence electrons. The van der Waals surface area contributed by atoms with Crippen molar-refractivity contribution in [3.8, 4) is 0 Å². The summed E-state index contributed by atoms with van der Waals surface area (Å²) < 4.78 is 25.5. The minimum Gasteiger partial charge on any atom is -0.392 e. The van der Waals surface area contributed by atoms with Crippen molar-refractivity contribution in [3.63, 3.8) is 0 Å². The largest absolute Gasteiger partial charge is 0.392 e. The van der Waals surface area contributed by atoms with Crippen LogP contribution in [0.15, 0.2) is 28.0 Å². The van der Waals surface area contributed by atoms with Gasteiger partial charge in [0.05, 0.1) is 11.0 Å². The van der Waals surface area contributed by atoms with Crippen LogP contribution in [-0.4, -0.2) is 31.2 Å². The summed E-state index contributed by atoms with van der Waals surface area (Å²) in [7, 11) is -3.66. The first-order valence-corrected chi connectivity index (χ1v) is 6.30. The van der Waals surface area contributed by atoms with Crippen molar-refractivity contribution >= 4 is 10.0 Å². The maximum absolute atomic E-state index is 11.6. The molecular weight excluding hydrogens is 232 g/mol. The zero-order chi connectivity index (χ0) is 12.2. The second kappa shape index (κ2) is 5.24. The van der Waals surface area contributed by atoms with Crippen LogP contribution in [0.3, 0.4) is 0 Å². The number of aliphatic hydroxyl groups excluding tert-OH is 1. The zero-order valence-corrected chi connectivity index (χ0v) is 9.62. The number of sulfonamides is 1. The fourth-order valence-electron chi connectivity index (χ4n) is 0.997. The van der Waals surface area contributed by atoms with E-state index < -0.39 is 16.1 Å². The van der Waals surface area contributed by atoms with Crippen LogP contribution in [0.1, 0.15) is 13.3 Å². The Bertz CT molecular complexity index is 474. The monoisotopic (exact) mass is 246 g/mol. The number of aromatic nitrogens is 1. The van der Waals surface area contributed by atoms with E-state index >= 15 is 0 Å². The molecule has 0 radical (unpaired) electrons. The van der Waals surface area contributed by atoms with E-state index in [1.807, 2.05) is 0 Å². The van der Waals surface area contributed by atoms with E-state index in [0.717, 1.165) is 12.3 Å². The number of aromatic amines is 1. The number of H-pyrrole nitrogens is 1. The molecule has 1 aromatic rings. The number of nitrogens with one attached hydrogen (secondary N) is 2. The van der Waals surface area contributed by atoms with Crippen LogP contribution in [0.2, 0.25) is 0 Å². The lowest BCUT2D eigenvalue weighted by Crippen LogP contribution is -2.32. The molecule has 0 amide bonds. The van der Waals surface area contributed by atoms with Gasteiger partial charge in [-0.1, -0.05) is 6.92 Å². The smallest absolute Gasteiger partial charge is 0.247 e. The summed E-state index contributed by atoms with van der Waals surface area (Å²) in [6.45, 7) is 1.71. The molecule has 6 nitrogen and oxygen atoms in total. The Morgan fingerprint density at radius 2 is 2.19 bits per heavy atom. The lowest BCUT2D eigenvalue weighted by Gasteiger charge is -2.09. The van der Waals surface area contributed by atoms with Crippen LogP contribution in [0, 0.1) is 0 Å². The average molecular weight is 246 g/mol. The first-order valence-electron chi connectivity index (χ1n) is 4.82. The molecular formula is C9H14N2O4S. The predicted molar refractivity (Wildman–Crippen MR) is 58.5 cm³/mol. The minimum absolute atomic E-state index is 0.0320. The average Bonchev–Trinajstić information content (AvgIpc) is 2.26. The highest BCUT2D eigenvalue weighted by Crippen LogP contribution is 2.03. The molecule has 1 atom stereocenters. The van der Waals surface area contributed by atoms with Crippen LogP contribution in [0.5, 0.6) is 0 Å². The Kier molecular flexibility index (Phi) is 4.22. The molecule has 0 aliphatic rings. The number of pyridine rings is 1. The summed E-state index contributed by atoms with van der Waals surface area (Å²) >= 11 is 0. The van der Waals surface area contributed by atoms with E-state index in [9.17, 15) is 18.3 Å². The van der Waals surface area contributed by atoms with Gasteiger partial charge in [0.1, 0.15) is 0 Å². The van der Waals surface area contributed by atoms with Gasteiger partial charge in [0.25, 0.3) is 0 Å². The number of rotatable bonds is 5. The molecule has 16 heavy (non-hydrogen) atoms. The topological polar surface area (TPSA) is 99.3 Å². The van der Waals surface area contributed by atoms with Gasteiger partial charge in [0.15, 0.2) is 0 Å². The van der Waals surface area contributed by atoms with Crippen molar-refractivity contribution in [2.45, 2.75) is 24.3 Å². The molecule has 0 spiro atoms. The first-order chi connectivity index (χ1) is 7.45. The highest BCUT2D eigenvalue weighted by Gasteiger charge is 2.14. The first kappa shape index (κ1) is 12.9. The number of hydrogen-bond acceptors (Lipinski definition) is 4. The van der Waals surface area contributed by atoms with Gasteiger partial charge in [0.2, 0.25) is 15.6 Å². The van der Waals surface area contributed by atoms with E-state index in [4.69, 9.17) is 0 Å². The number of aliphatic hydroxyl groups is 1. The van der Waals surface area contributed by atoms with Gasteiger partial charge in [-0.05, 0) is 12.5 Å².